The van der Waals surface area contributed by atoms with Gasteiger partial charge in [0.05, 0.1) is 0 Å². The monoisotopic (exact) mass is 250 g/mol. The number of Topliss-reactive ketones (excluding diaryl/α,β-unsaturated/α-hetero) is 1. The SMILES string of the molecule is COCOc1cccc(C(=O)C2CCOCC2)c1. The van der Waals surface area contributed by atoms with Crippen molar-refractivity contribution in [2.45, 2.75) is 12.8 Å². The van der Waals surface area contributed by atoms with Crippen LogP contribution < -0.4 is 4.74 Å². The first-order chi connectivity index (χ1) is 8.81. The van der Waals surface area contributed by atoms with Crippen molar-refractivity contribution >= 4 is 5.78 Å². The molecule has 1 fully saturated rings. The zero-order valence-electron chi connectivity index (χ0n) is 10.6. The summed E-state index contributed by atoms with van der Waals surface area (Å²) >= 11 is 0. The smallest absolute Gasteiger partial charge is 0.188 e. The molecule has 2 rings (SSSR count). The quantitative estimate of drug-likeness (QED) is 0.594. The Morgan fingerprint density at radius 1 is 1.39 bits per heavy atom. The van der Waals surface area contributed by atoms with Gasteiger partial charge in [0.25, 0.3) is 0 Å². The maximum absolute atomic E-state index is 12.3. The Kier molecular flexibility index (Phi) is 4.73. The topological polar surface area (TPSA) is 44.8 Å². The summed E-state index contributed by atoms with van der Waals surface area (Å²) in [6.45, 7) is 1.54. The Labute approximate surface area is 107 Å². The summed E-state index contributed by atoms with van der Waals surface area (Å²) in [5.74, 6) is 0.923. The number of benzene rings is 1. The molecule has 0 aliphatic carbocycles. The molecule has 0 radical (unpaired) electrons. The van der Waals surface area contributed by atoms with Crippen molar-refractivity contribution < 1.29 is 19.0 Å². The summed E-state index contributed by atoms with van der Waals surface area (Å²) in [6, 6.07) is 7.26. The highest BCUT2D eigenvalue weighted by atomic mass is 16.7. The van der Waals surface area contributed by atoms with Crippen LogP contribution in [0, 0.1) is 5.92 Å². The summed E-state index contributed by atoms with van der Waals surface area (Å²) in [5.41, 5.74) is 0.704. The van der Waals surface area contributed by atoms with Crippen LogP contribution >= 0.6 is 0 Å². The molecular weight excluding hydrogens is 232 g/mol. The molecule has 0 bridgehead atoms. The van der Waals surface area contributed by atoms with Crippen LogP contribution in [0.5, 0.6) is 5.75 Å². The number of carbonyl (C=O) groups excluding carboxylic acids is 1. The zero-order chi connectivity index (χ0) is 12.8. The van der Waals surface area contributed by atoms with Crippen molar-refractivity contribution in [3.8, 4) is 5.75 Å². The van der Waals surface area contributed by atoms with E-state index in [1.165, 1.54) is 0 Å². The van der Waals surface area contributed by atoms with Crippen molar-refractivity contribution in [3.05, 3.63) is 29.8 Å². The maximum atomic E-state index is 12.3. The Hall–Kier alpha value is -1.39. The van der Waals surface area contributed by atoms with Gasteiger partial charge < -0.3 is 14.2 Å². The first kappa shape index (κ1) is 13.1. The summed E-state index contributed by atoms with van der Waals surface area (Å²) < 4.78 is 15.4. The highest BCUT2D eigenvalue weighted by Gasteiger charge is 2.22. The van der Waals surface area contributed by atoms with E-state index in [4.69, 9.17) is 14.2 Å². The molecule has 0 atom stereocenters. The third-order valence-corrected chi connectivity index (χ3v) is 3.05. The largest absolute Gasteiger partial charge is 0.468 e. The highest BCUT2D eigenvalue weighted by molar-refractivity contribution is 5.98. The highest BCUT2D eigenvalue weighted by Crippen LogP contribution is 2.22. The van der Waals surface area contributed by atoms with Gasteiger partial charge in [-0.2, -0.15) is 0 Å². The molecule has 18 heavy (non-hydrogen) atoms. The summed E-state index contributed by atoms with van der Waals surface area (Å²) in [4.78, 5) is 12.3. The van der Waals surface area contributed by atoms with Crippen molar-refractivity contribution in [2.75, 3.05) is 27.1 Å². The van der Waals surface area contributed by atoms with Gasteiger partial charge in [0.1, 0.15) is 5.75 Å². The first-order valence-corrected chi connectivity index (χ1v) is 6.15. The van der Waals surface area contributed by atoms with Crippen LogP contribution in [0.2, 0.25) is 0 Å². The van der Waals surface area contributed by atoms with E-state index in [0.29, 0.717) is 24.5 Å². The van der Waals surface area contributed by atoms with E-state index in [1.54, 1.807) is 13.2 Å². The minimum Gasteiger partial charge on any atom is -0.468 e. The summed E-state index contributed by atoms with van der Waals surface area (Å²) in [6.07, 6.45) is 1.62. The van der Waals surface area contributed by atoms with Crippen molar-refractivity contribution in [2.24, 2.45) is 5.92 Å². The average molecular weight is 250 g/mol. The average Bonchev–Trinajstić information content (AvgIpc) is 2.45. The number of carbonyl (C=O) groups is 1. The Bertz CT molecular complexity index is 397. The third-order valence-electron chi connectivity index (χ3n) is 3.05. The molecule has 0 amide bonds. The molecule has 1 aliphatic rings. The second-order valence-electron chi connectivity index (χ2n) is 4.33. The first-order valence-electron chi connectivity index (χ1n) is 6.15. The molecule has 0 saturated carbocycles. The number of ketones is 1. The normalized spacial score (nSPS) is 16.5. The Balaban J connectivity index is 2.04. The van der Waals surface area contributed by atoms with Crippen LogP contribution in [0.25, 0.3) is 0 Å². The molecule has 0 spiro atoms. The van der Waals surface area contributed by atoms with Crippen LogP contribution in [0.3, 0.4) is 0 Å². The molecule has 1 aliphatic heterocycles. The number of hydrogen-bond acceptors (Lipinski definition) is 4. The van der Waals surface area contributed by atoms with Gasteiger partial charge in [-0.15, -0.1) is 0 Å². The van der Waals surface area contributed by atoms with Crippen LogP contribution in [-0.2, 0) is 9.47 Å². The van der Waals surface area contributed by atoms with E-state index in [9.17, 15) is 4.79 Å². The lowest BCUT2D eigenvalue weighted by Gasteiger charge is -2.20. The molecule has 4 nitrogen and oxygen atoms in total. The number of hydrogen-bond donors (Lipinski definition) is 0. The van der Waals surface area contributed by atoms with Gasteiger partial charge in [-0.1, -0.05) is 12.1 Å². The predicted molar refractivity (Wildman–Crippen MR) is 66.8 cm³/mol. The van der Waals surface area contributed by atoms with E-state index in [2.05, 4.69) is 0 Å². The van der Waals surface area contributed by atoms with Crippen molar-refractivity contribution in [1.82, 2.24) is 0 Å². The molecule has 1 saturated heterocycles. The minimum absolute atomic E-state index is 0.0800. The van der Waals surface area contributed by atoms with E-state index in [0.717, 1.165) is 12.8 Å². The van der Waals surface area contributed by atoms with Gasteiger partial charge in [-0.3, -0.25) is 4.79 Å². The van der Waals surface area contributed by atoms with Gasteiger partial charge in [-0.05, 0) is 25.0 Å². The molecule has 4 heteroatoms. The third kappa shape index (κ3) is 3.31. The fraction of sp³-hybridized carbons (Fsp3) is 0.500. The number of rotatable bonds is 5. The second-order valence-corrected chi connectivity index (χ2v) is 4.33. The standard InChI is InChI=1S/C14H18O4/c1-16-10-18-13-4-2-3-12(9-13)14(15)11-5-7-17-8-6-11/h2-4,9,11H,5-8,10H2,1H3. The lowest BCUT2D eigenvalue weighted by Crippen LogP contribution is -2.23. The van der Waals surface area contributed by atoms with Gasteiger partial charge >= 0.3 is 0 Å². The van der Waals surface area contributed by atoms with E-state index in [-0.39, 0.29) is 18.5 Å². The van der Waals surface area contributed by atoms with E-state index >= 15 is 0 Å². The second kappa shape index (κ2) is 6.52. The van der Waals surface area contributed by atoms with Gasteiger partial charge in [0.15, 0.2) is 12.6 Å². The van der Waals surface area contributed by atoms with Gasteiger partial charge in [-0.25, -0.2) is 0 Å². The lowest BCUT2D eigenvalue weighted by molar-refractivity contribution is 0.0503. The summed E-state index contributed by atoms with van der Waals surface area (Å²) in [5, 5.41) is 0. The Morgan fingerprint density at radius 2 is 2.17 bits per heavy atom. The lowest BCUT2D eigenvalue weighted by atomic mass is 9.91. The molecular formula is C14H18O4. The molecule has 0 unspecified atom stereocenters. The number of ether oxygens (including phenoxy) is 3. The molecule has 1 aromatic rings. The maximum Gasteiger partial charge on any atom is 0.188 e. The van der Waals surface area contributed by atoms with Crippen LogP contribution in [0.1, 0.15) is 23.2 Å². The van der Waals surface area contributed by atoms with E-state index < -0.39 is 0 Å². The minimum atomic E-state index is 0.0800. The molecule has 0 N–H and O–H groups in total. The van der Waals surface area contributed by atoms with Crippen LogP contribution in [0.15, 0.2) is 24.3 Å². The van der Waals surface area contributed by atoms with Gasteiger partial charge in [0, 0.05) is 31.8 Å². The van der Waals surface area contributed by atoms with Crippen LogP contribution in [-0.4, -0.2) is 32.9 Å². The van der Waals surface area contributed by atoms with Gasteiger partial charge in [0.2, 0.25) is 0 Å². The molecule has 98 valence electrons. The zero-order valence-corrected chi connectivity index (χ0v) is 10.6. The van der Waals surface area contributed by atoms with Crippen LogP contribution in [0.4, 0.5) is 0 Å². The number of methoxy groups -OCH3 is 1. The predicted octanol–water partition coefficient (Wildman–Crippen LogP) is 2.28. The van der Waals surface area contributed by atoms with Crippen molar-refractivity contribution in [3.63, 3.8) is 0 Å². The molecule has 0 aromatic heterocycles. The molecule has 1 aromatic carbocycles. The Morgan fingerprint density at radius 3 is 2.89 bits per heavy atom. The fourth-order valence-electron chi connectivity index (χ4n) is 2.06. The van der Waals surface area contributed by atoms with E-state index in [1.807, 2.05) is 18.2 Å². The fourth-order valence-corrected chi connectivity index (χ4v) is 2.06. The molecule has 1 heterocycles. The summed E-state index contributed by atoms with van der Waals surface area (Å²) in [7, 11) is 1.57. The van der Waals surface area contributed by atoms with Crippen molar-refractivity contribution in [1.29, 1.82) is 0 Å².